The third-order valence-electron chi connectivity index (χ3n) is 4.45. The lowest BCUT2D eigenvalue weighted by atomic mass is 10.1. The third-order valence-corrected chi connectivity index (χ3v) is 5.89. The van der Waals surface area contributed by atoms with E-state index in [2.05, 4.69) is 10.3 Å². The van der Waals surface area contributed by atoms with Crippen LogP contribution >= 0.6 is 11.6 Å². The second kappa shape index (κ2) is 7.19. The SMILES string of the molecule is CNc1ccc(C2=NC(O)(C(F)(F)F)CN2c2ccc(S(C)(=O)=O)cc2)cc1Cl. The van der Waals surface area contributed by atoms with Crippen LogP contribution in [0.2, 0.25) is 5.02 Å². The van der Waals surface area contributed by atoms with Crippen LogP contribution in [-0.4, -0.2) is 51.1 Å². The number of hydrogen-bond acceptors (Lipinski definition) is 6. The van der Waals surface area contributed by atoms with Crippen molar-refractivity contribution in [3.8, 4) is 0 Å². The average Bonchev–Trinajstić information content (AvgIpc) is 3.00. The largest absolute Gasteiger partial charge is 0.440 e. The summed E-state index contributed by atoms with van der Waals surface area (Å²) in [7, 11) is -1.83. The number of anilines is 2. The Hall–Kier alpha value is -2.30. The fraction of sp³-hybridized carbons (Fsp3) is 0.278. The topological polar surface area (TPSA) is 82.0 Å². The zero-order valence-corrected chi connectivity index (χ0v) is 16.9. The fourth-order valence-electron chi connectivity index (χ4n) is 2.88. The first kappa shape index (κ1) is 21.4. The van der Waals surface area contributed by atoms with Gasteiger partial charge in [-0.2, -0.15) is 13.2 Å². The molecule has 0 spiro atoms. The first-order valence-electron chi connectivity index (χ1n) is 8.30. The molecule has 11 heteroatoms. The molecule has 6 nitrogen and oxygen atoms in total. The number of amidine groups is 1. The number of aliphatic imine (C=N–C) groups is 1. The monoisotopic (exact) mass is 447 g/mol. The molecule has 1 aliphatic rings. The molecular weight excluding hydrogens is 431 g/mol. The van der Waals surface area contributed by atoms with Crippen molar-refractivity contribution in [2.24, 2.45) is 4.99 Å². The van der Waals surface area contributed by atoms with Gasteiger partial charge in [0.15, 0.2) is 9.84 Å². The van der Waals surface area contributed by atoms with E-state index in [1.807, 2.05) is 0 Å². The van der Waals surface area contributed by atoms with Crippen LogP contribution in [0.4, 0.5) is 24.5 Å². The number of sulfone groups is 1. The summed E-state index contributed by atoms with van der Waals surface area (Å²) in [5, 5.41) is 13.3. The van der Waals surface area contributed by atoms with Crippen molar-refractivity contribution in [2.45, 2.75) is 16.8 Å². The Morgan fingerprint density at radius 3 is 2.31 bits per heavy atom. The Morgan fingerprint density at radius 1 is 1.21 bits per heavy atom. The van der Waals surface area contributed by atoms with Gasteiger partial charge in [0.1, 0.15) is 5.84 Å². The molecule has 0 fully saturated rings. The maximum atomic E-state index is 13.4. The minimum Gasteiger partial charge on any atom is -0.387 e. The van der Waals surface area contributed by atoms with Crippen LogP contribution in [0.3, 0.4) is 0 Å². The predicted molar refractivity (Wildman–Crippen MR) is 105 cm³/mol. The molecule has 0 aromatic heterocycles. The van der Waals surface area contributed by atoms with E-state index in [1.165, 1.54) is 41.3 Å². The minimum absolute atomic E-state index is 0.0198. The lowest BCUT2D eigenvalue weighted by molar-refractivity contribution is -0.249. The number of nitrogens with one attached hydrogen (secondary N) is 1. The molecule has 1 atom stereocenters. The fourth-order valence-corrected chi connectivity index (χ4v) is 3.79. The summed E-state index contributed by atoms with van der Waals surface area (Å²) >= 11 is 6.15. The maximum absolute atomic E-state index is 13.4. The van der Waals surface area contributed by atoms with E-state index in [1.54, 1.807) is 13.1 Å². The molecule has 2 aromatic rings. The van der Waals surface area contributed by atoms with Gasteiger partial charge in [-0.05, 0) is 42.5 Å². The zero-order valence-electron chi connectivity index (χ0n) is 15.3. The van der Waals surface area contributed by atoms with E-state index in [0.29, 0.717) is 5.69 Å². The summed E-state index contributed by atoms with van der Waals surface area (Å²) < 4.78 is 63.6. The second-order valence-corrected chi connectivity index (χ2v) is 8.97. The summed E-state index contributed by atoms with van der Waals surface area (Å²) in [5.41, 5.74) is -2.23. The lowest BCUT2D eigenvalue weighted by Crippen LogP contribution is -2.47. The molecule has 2 N–H and O–H groups in total. The van der Waals surface area contributed by atoms with Crippen LogP contribution in [0.1, 0.15) is 5.56 Å². The van der Waals surface area contributed by atoms with Gasteiger partial charge < -0.3 is 15.3 Å². The lowest BCUT2D eigenvalue weighted by Gasteiger charge is -2.25. The van der Waals surface area contributed by atoms with E-state index in [-0.39, 0.29) is 27.0 Å². The molecule has 1 aliphatic heterocycles. The molecule has 0 aliphatic carbocycles. The van der Waals surface area contributed by atoms with Crippen LogP contribution in [0, 0.1) is 0 Å². The van der Waals surface area contributed by atoms with Crippen molar-refractivity contribution >= 4 is 38.6 Å². The normalized spacial score (nSPS) is 20.0. The number of nitrogens with zero attached hydrogens (tertiary/aromatic N) is 2. The Labute approximate surface area is 170 Å². The number of alkyl halides is 3. The van der Waals surface area contributed by atoms with Gasteiger partial charge in [0, 0.05) is 24.6 Å². The molecule has 0 amide bonds. The highest BCUT2D eigenvalue weighted by atomic mass is 35.5. The number of hydrogen-bond donors (Lipinski definition) is 2. The van der Waals surface area contributed by atoms with Crippen molar-refractivity contribution in [3.63, 3.8) is 0 Å². The average molecular weight is 448 g/mol. The van der Waals surface area contributed by atoms with Crippen LogP contribution in [-0.2, 0) is 9.84 Å². The first-order valence-corrected chi connectivity index (χ1v) is 10.6. The van der Waals surface area contributed by atoms with Gasteiger partial charge in [0.05, 0.1) is 22.2 Å². The molecule has 2 aromatic carbocycles. The summed E-state index contributed by atoms with van der Waals surface area (Å²) in [4.78, 5) is 4.75. The molecule has 29 heavy (non-hydrogen) atoms. The first-order chi connectivity index (χ1) is 13.4. The van der Waals surface area contributed by atoms with Crippen LogP contribution in [0.25, 0.3) is 0 Å². The van der Waals surface area contributed by atoms with E-state index in [9.17, 15) is 26.7 Å². The molecule has 0 saturated heterocycles. The van der Waals surface area contributed by atoms with Gasteiger partial charge in [-0.15, -0.1) is 0 Å². The van der Waals surface area contributed by atoms with Gasteiger partial charge in [-0.25, -0.2) is 13.4 Å². The Bertz CT molecular complexity index is 1070. The van der Waals surface area contributed by atoms with Crippen molar-refractivity contribution in [1.82, 2.24) is 0 Å². The highest BCUT2D eigenvalue weighted by Gasteiger charge is 2.58. The second-order valence-electron chi connectivity index (χ2n) is 6.55. The number of benzene rings is 2. The van der Waals surface area contributed by atoms with Gasteiger partial charge in [0.25, 0.3) is 5.72 Å². The van der Waals surface area contributed by atoms with Crippen molar-refractivity contribution in [1.29, 1.82) is 0 Å². The molecular formula is C18H17ClF3N3O3S. The molecule has 0 saturated carbocycles. The Morgan fingerprint density at radius 2 is 1.83 bits per heavy atom. The van der Waals surface area contributed by atoms with Crippen LogP contribution < -0.4 is 10.2 Å². The summed E-state index contributed by atoms with van der Waals surface area (Å²) in [5.74, 6) is -0.138. The highest BCUT2D eigenvalue weighted by molar-refractivity contribution is 7.90. The van der Waals surface area contributed by atoms with Crippen molar-refractivity contribution in [3.05, 3.63) is 53.1 Å². The molecule has 1 heterocycles. The number of β-amino-alcohol motifs (C(OH)–C–C–N with tert-alkyl or cyclic N) is 1. The van der Waals surface area contributed by atoms with E-state index >= 15 is 0 Å². The molecule has 0 bridgehead atoms. The predicted octanol–water partition coefficient (Wildman–Crippen LogP) is 3.30. The summed E-state index contributed by atoms with van der Waals surface area (Å²) in [6, 6.07) is 9.82. The maximum Gasteiger partial charge on any atom is 0.440 e. The number of halogens is 4. The standard InChI is InChI=1S/C18H17ClF3N3O3S/c1-23-15-8-3-11(9-14(15)19)16-24-17(26,18(20,21)22)10-25(16)12-4-6-13(7-5-12)29(2,27)28/h3-9,23,26H,10H2,1-2H3. The van der Waals surface area contributed by atoms with Gasteiger partial charge in [-0.3, -0.25) is 0 Å². The van der Waals surface area contributed by atoms with E-state index < -0.39 is 28.3 Å². The Balaban J connectivity index is 2.10. The van der Waals surface area contributed by atoms with E-state index in [0.717, 1.165) is 6.26 Å². The van der Waals surface area contributed by atoms with Crippen LogP contribution in [0.15, 0.2) is 52.4 Å². The zero-order chi connectivity index (χ0) is 21.6. The Kier molecular flexibility index (Phi) is 5.31. The highest BCUT2D eigenvalue weighted by Crippen LogP contribution is 2.39. The summed E-state index contributed by atoms with van der Waals surface area (Å²) in [6.07, 6.45) is -3.98. The van der Waals surface area contributed by atoms with Crippen molar-refractivity contribution < 1.29 is 26.7 Å². The minimum atomic E-state index is -5.01. The number of rotatable bonds is 4. The summed E-state index contributed by atoms with van der Waals surface area (Å²) in [6.45, 7) is -0.880. The van der Waals surface area contributed by atoms with Gasteiger partial charge in [0.2, 0.25) is 0 Å². The van der Waals surface area contributed by atoms with E-state index in [4.69, 9.17) is 11.6 Å². The molecule has 3 rings (SSSR count). The van der Waals surface area contributed by atoms with Crippen molar-refractivity contribution in [2.75, 3.05) is 30.1 Å². The quantitative estimate of drug-likeness (QED) is 0.751. The molecule has 1 unspecified atom stereocenters. The number of aliphatic hydroxyl groups is 1. The molecule has 156 valence electrons. The van der Waals surface area contributed by atoms with Gasteiger partial charge >= 0.3 is 6.18 Å². The van der Waals surface area contributed by atoms with Crippen LogP contribution in [0.5, 0.6) is 0 Å². The smallest absolute Gasteiger partial charge is 0.387 e. The van der Waals surface area contributed by atoms with Gasteiger partial charge in [-0.1, -0.05) is 11.6 Å². The molecule has 0 radical (unpaired) electrons. The third kappa shape index (κ3) is 4.05.